The first kappa shape index (κ1) is 23.7. The Bertz CT molecular complexity index is 1370. The number of benzene rings is 1. The third-order valence-electron chi connectivity index (χ3n) is 6.50. The van der Waals surface area contributed by atoms with Gasteiger partial charge in [-0.25, -0.2) is 4.98 Å². The average molecular weight is 487 g/mol. The number of aliphatic imine (C=N–C) groups is 1. The van der Waals surface area contributed by atoms with E-state index in [-0.39, 0.29) is 5.91 Å². The van der Waals surface area contributed by atoms with E-state index in [0.29, 0.717) is 50.1 Å². The molecule has 1 amide bonds. The van der Waals surface area contributed by atoms with Crippen molar-refractivity contribution in [2.45, 2.75) is 39.5 Å². The summed E-state index contributed by atoms with van der Waals surface area (Å²) in [6.07, 6.45) is 7.36. The van der Waals surface area contributed by atoms with Gasteiger partial charge in [-0.2, -0.15) is 0 Å². The Balaban J connectivity index is 1.49. The van der Waals surface area contributed by atoms with Crippen LogP contribution in [0.2, 0.25) is 0 Å². The van der Waals surface area contributed by atoms with Gasteiger partial charge in [0.25, 0.3) is 5.91 Å². The van der Waals surface area contributed by atoms with Crippen LogP contribution in [0.5, 0.6) is 5.75 Å². The number of hydrogen-bond acceptors (Lipinski definition) is 7. The SMILES string of the molecule is C/C=C\NC(CN(Cc1cc2c(cn1)OCCC2)C(=O)c1ccc2nc(N)c3c(c2c1)COC3)=NC. The fraction of sp³-hybridized carbons (Fsp3) is 0.333. The number of pyridine rings is 2. The molecule has 0 atom stereocenters. The summed E-state index contributed by atoms with van der Waals surface area (Å²) in [4.78, 5) is 29.0. The van der Waals surface area contributed by atoms with E-state index < -0.39 is 0 Å². The van der Waals surface area contributed by atoms with Crippen LogP contribution >= 0.6 is 0 Å². The molecule has 2 aliphatic rings. The maximum Gasteiger partial charge on any atom is 0.254 e. The molecule has 4 heterocycles. The number of nitrogens with zero attached hydrogens (tertiary/aromatic N) is 4. The van der Waals surface area contributed by atoms with Gasteiger partial charge in [0.05, 0.1) is 50.3 Å². The number of hydrogen-bond donors (Lipinski definition) is 2. The Morgan fingerprint density at radius 3 is 2.97 bits per heavy atom. The van der Waals surface area contributed by atoms with E-state index in [1.807, 2.05) is 31.2 Å². The molecule has 186 valence electrons. The summed E-state index contributed by atoms with van der Waals surface area (Å²) in [6, 6.07) is 7.56. The lowest BCUT2D eigenvalue weighted by Gasteiger charge is -2.24. The molecule has 9 nitrogen and oxygen atoms in total. The summed E-state index contributed by atoms with van der Waals surface area (Å²) in [5.41, 5.74) is 11.3. The van der Waals surface area contributed by atoms with Crippen LogP contribution in [-0.2, 0) is 30.9 Å². The highest BCUT2D eigenvalue weighted by Gasteiger charge is 2.23. The van der Waals surface area contributed by atoms with Crippen LogP contribution in [0.25, 0.3) is 10.9 Å². The van der Waals surface area contributed by atoms with Crippen molar-refractivity contribution < 1.29 is 14.3 Å². The summed E-state index contributed by atoms with van der Waals surface area (Å²) in [6.45, 7) is 4.16. The zero-order valence-corrected chi connectivity index (χ0v) is 20.6. The van der Waals surface area contributed by atoms with Gasteiger partial charge in [0.2, 0.25) is 0 Å². The number of nitrogens with one attached hydrogen (secondary N) is 1. The number of rotatable bonds is 6. The Morgan fingerprint density at radius 1 is 1.28 bits per heavy atom. The van der Waals surface area contributed by atoms with Crippen LogP contribution in [0.3, 0.4) is 0 Å². The van der Waals surface area contributed by atoms with Crippen molar-refractivity contribution in [2.24, 2.45) is 4.99 Å². The smallest absolute Gasteiger partial charge is 0.254 e. The molecule has 0 fully saturated rings. The van der Waals surface area contributed by atoms with Crippen LogP contribution in [-0.4, -0.2) is 46.8 Å². The van der Waals surface area contributed by atoms with Crippen molar-refractivity contribution >= 4 is 28.5 Å². The predicted octanol–water partition coefficient (Wildman–Crippen LogP) is 3.36. The van der Waals surface area contributed by atoms with E-state index in [4.69, 9.17) is 15.2 Å². The molecule has 0 saturated carbocycles. The molecule has 0 unspecified atom stereocenters. The van der Waals surface area contributed by atoms with Crippen molar-refractivity contribution in [3.8, 4) is 5.75 Å². The number of nitrogens with two attached hydrogens (primary N) is 1. The Morgan fingerprint density at radius 2 is 2.14 bits per heavy atom. The van der Waals surface area contributed by atoms with Crippen molar-refractivity contribution in [3.05, 3.63) is 70.7 Å². The molecule has 9 heteroatoms. The second-order valence-electron chi connectivity index (χ2n) is 8.89. The van der Waals surface area contributed by atoms with Crippen molar-refractivity contribution in [1.29, 1.82) is 0 Å². The molecule has 3 aromatic rings. The number of amidine groups is 1. The lowest BCUT2D eigenvalue weighted by Crippen LogP contribution is -2.39. The zero-order valence-electron chi connectivity index (χ0n) is 20.6. The molecule has 0 spiro atoms. The van der Waals surface area contributed by atoms with Crippen LogP contribution < -0.4 is 15.8 Å². The number of anilines is 1. The van der Waals surface area contributed by atoms with Gasteiger partial charge in [0, 0.05) is 23.6 Å². The minimum atomic E-state index is -0.124. The van der Waals surface area contributed by atoms with Crippen molar-refractivity contribution in [1.82, 2.24) is 20.2 Å². The Hall–Kier alpha value is -3.98. The van der Waals surface area contributed by atoms with Gasteiger partial charge in [0.1, 0.15) is 17.4 Å². The topological polar surface area (TPSA) is 115 Å². The summed E-state index contributed by atoms with van der Waals surface area (Å²) in [5, 5.41) is 4.05. The minimum absolute atomic E-state index is 0.124. The van der Waals surface area contributed by atoms with E-state index >= 15 is 0 Å². The number of amides is 1. The number of ether oxygens (including phenoxy) is 2. The summed E-state index contributed by atoms with van der Waals surface area (Å²) >= 11 is 0. The summed E-state index contributed by atoms with van der Waals surface area (Å²) in [7, 11) is 1.71. The third kappa shape index (κ3) is 4.74. The van der Waals surface area contributed by atoms with Crippen LogP contribution in [0, 0.1) is 0 Å². The summed E-state index contributed by atoms with van der Waals surface area (Å²) < 4.78 is 11.3. The van der Waals surface area contributed by atoms with Gasteiger partial charge in [-0.1, -0.05) is 6.08 Å². The Kier molecular flexibility index (Phi) is 6.81. The fourth-order valence-electron chi connectivity index (χ4n) is 4.61. The first-order valence-electron chi connectivity index (χ1n) is 12.1. The normalized spacial score (nSPS) is 15.0. The standard InChI is InChI=1S/C27H30N6O3/c1-3-8-30-25(29-2)14-33(13-19-10-17-5-4-9-36-24(17)12-31-19)27(34)18-6-7-23-20(11-18)21-15-35-16-22(21)26(28)32-23/h3,6-8,10-12H,4-5,9,13-16H2,1-2H3,(H2,28,32)(H,29,30)/b8-3-. The summed E-state index contributed by atoms with van der Waals surface area (Å²) in [5.74, 6) is 1.86. The van der Waals surface area contributed by atoms with Crippen molar-refractivity contribution in [3.63, 3.8) is 0 Å². The first-order valence-corrected chi connectivity index (χ1v) is 12.1. The van der Waals surface area contributed by atoms with E-state index in [0.717, 1.165) is 51.9 Å². The fourth-order valence-corrected chi connectivity index (χ4v) is 4.61. The number of aromatic nitrogens is 2. The molecule has 1 aromatic carbocycles. The molecule has 2 aliphatic heterocycles. The van der Waals surface area contributed by atoms with Gasteiger partial charge in [-0.3, -0.25) is 14.8 Å². The maximum absolute atomic E-state index is 13.9. The van der Waals surface area contributed by atoms with E-state index in [9.17, 15) is 4.79 Å². The third-order valence-corrected chi connectivity index (χ3v) is 6.50. The highest BCUT2D eigenvalue weighted by Crippen LogP contribution is 2.32. The van der Waals surface area contributed by atoms with Crippen LogP contribution in [0.4, 0.5) is 5.82 Å². The molecule has 36 heavy (non-hydrogen) atoms. The van der Waals surface area contributed by atoms with Gasteiger partial charge in [0.15, 0.2) is 0 Å². The van der Waals surface area contributed by atoms with E-state index in [1.165, 1.54) is 0 Å². The second kappa shape index (κ2) is 10.3. The van der Waals surface area contributed by atoms with E-state index in [1.54, 1.807) is 30.4 Å². The number of carbonyl (C=O) groups is 1. The van der Waals surface area contributed by atoms with Crippen LogP contribution in [0.15, 0.2) is 47.7 Å². The largest absolute Gasteiger partial charge is 0.492 e. The van der Waals surface area contributed by atoms with Gasteiger partial charge in [-0.15, -0.1) is 0 Å². The molecule has 3 N–H and O–H groups in total. The number of aryl methyl sites for hydroxylation is 1. The van der Waals surface area contributed by atoms with Crippen LogP contribution in [0.1, 0.15) is 46.1 Å². The van der Waals surface area contributed by atoms with E-state index in [2.05, 4.69) is 20.3 Å². The van der Waals surface area contributed by atoms with Gasteiger partial charge in [-0.05, 0) is 61.4 Å². The minimum Gasteiger partial charge on any atom is -0.492 e. The molecule has 0 bridgehead atoms. The second-order valence-corrected chi connectivity index (χ2v) is 8.89. The molecular weight excluding hydrogens is 456 g/mol. The quantitative estimate of drug-likeness (QED) is 0.405. The highest BCUT2D eigenvalue weighted by molar-refractivity contribution is 6.01. The molecule has 2 aromatic heterocycles. The van der Waals surface area contributed by atoms with Gasteiger partial charge >= 0.3 is 0 Å². The number of fused-ring (bicyclic) bond motifs is 4. The number of nitrogen functional groups attached to an aromatic ring is 1. The molecular formula is C27H30N6O3. The predicted molar refractivity (Wildman–Crippen MR) is 139 cm³/mol. The molecule has 0 saturated heterocycles. The first-order chi connectivity index (χ1) is 17.6. The lowest BCUT2D eigenvalue weighted by molar-refractivity contribution is 0.0766. The van der Waals surface area contributed by atoms with Crippen molar-refractivity contribution in [2.75, 3.05) is 25.9 Å². The highest BCUT2D eigenvalue weighted by atomic mass is 16.5. The Labute approximate surface area is 210 Å². The monoisotopic (exact) mass is 486 g/mol. The maximum atomic E-state index is 13.9. The molecule has 5 rings (SSSR count). The average Bonchev–Trinajstić information content (AvgIpc) is 3.41. The number of allylic oxidation sites excluding steroid dienone is 1. The lowest BCUT2D eigenvalue weighted by atomic mass is 10.0. The molecule has 0 aliphatic carbocycles. The van der Waals surface area contributed by atoms with Gasteiger partial charge < -0.3 is 25.4 Å². The number of carbonyl (C=O) groups excluding carboxylic acids is 1. The molecule has 0 radical (unpaired) electrons. The zero-order chi connectivity index (χ0) is 25.1.